The lowest BCUT2D eigenvalue weighted by Crippen LogP contribution is -2.26. The van der Waals surface area contributed by atoms with Gasteiger partial charge in [0.2, 0.25) is 0 Å². The first-order valence-corrected chi connectivity index (χ1v) is 10.4. The van der Waals surface area contributed by atoms with Crippen LogP contribution in [0.2, 0.25) is 0 Å². The maximum atomic E-state index is 13.8. The number of pyridine rings is 1. The molecule has 0 saturated carbocycles. The lowest BCUT2D eigenvalue weighted by molar-refractivity contribution is 0.104. The molecule has 1 heterocycles. The van der Waals surface area contributed by atoms with E-state index < -0.39 is 11.7 Å². The molecular formula is C26H21NO6. The van der Waals surface area contributed by atoms with Gasteiger partial charge in [0.1, 0.15) is 5.75 Å². The van der Waals surface area contributed by atoms with Crippen LogP contribution in [0, 0.1) is 0 Å². The number of ether oxygens (including phenoxy) is 2. The number of rotatable bonds is 5. The van der Waals surface area contributed by atoms with Crippen LogP contribution in [0.15, 0.2) is 65.5 Å². The van der Waals surface area contributed by atoms with E-state index in [0.717, 1.165) is 0 Å². The lowest BCUT2D eigenvalue weighted by atomic mass is 10.0. The van der Waals surface area contributed by atoms with Gasteiger partial charge in [0.25, 0.3) is 5.56 Å². The van der Waals surface area contributed by atoms with Crippen molar-refractivity contribution in [3.8, 4) is 28.5 Å². The molecule has 0 spiro atoms. The third kappa shape index (κ3) is 3.08. The van der Waals surface area contributed by atoms with Crippen molar-refractivity contribution in [2.75, 3.05) is 14.2 Å². The van der Waals surface area contributed by atoms with E-state index in [4.69, 9.17) is 9.47 Å². The second kappa shape index (κ2) is 7.79. The molecule has 1 aliphatic rings. The highest BCUT2D eigenvalue weighted by molar-refractivity contribution is 6.27. The standard InChI is InChI=1S/C26H21NO6/c1-32-20-12-11-18-21-23(16-5-3-4-6-17(16)24(21)30)27(26(31)22(18)25(20)33-2)13-19(29)14-7-9-15(28)10-8-14/h3-12,19,28-29H,13H2,1-2H3. The van der Waals surface area contributed by atoms with Crippen LogP contribution in [0.5, 0.6) is 17.2 Å². The molecule has 166 valence electrons. The SMILES string of the molecule is COc1ccc2c3c(n(CC(O)c4ccc(O)cc4)c(=O)c2c1OC)-c1ccccc1C3=O. The summed E-state index contributed by atoms with van der Waals surface area (Å²) in [7, 11) is 2.92. The molecular weight excluding hydrogens is 422 g/mol. The zero-order chi connectivity index (χ0) is 23.3. The molecule has 1 atom stereocenters. The number of hydrogen-bond acceptors (Lipinski definition) is 6. The number of aliphatic hydroxyl groups excluding tert-OH is 1. The third-order valence-corrected chi connectivity index (χ3v) is 6.07. The highest BCUT2D eigenvalue weighted by atomic mass is 16.5. The van der Waals surface area contributed by atoms with E-state index in [9.17, 15) is 19.8 Å². The summed E-state index contributed by atoms with van der Waals surface area (Å²) in [6.45, 7) is -0.0934. The quantitative estimate of drug-likeness (QED) is 0.430. The first-order chi connectivity index (χ1) is 16.0. The largest absolute Gasteiger partial charge is 0.508 e. The number of aromatic nitrogens is 1. The smallest absolute Gasteiger partial charge is 0.262 e. The van der Waals surface area contributed by atoms with E-state index in [1.165, 1.54) is 30.9 Å². The Bertz CT molecular complexity index is 1470. The summed E-state index contributed by atoms with van der Waals surface area (Å²) in [5, 5.41) is 21.2. The van der Waals surface area contributed by atoms with Crippen LogP contribution in [0.3, 0.4) is 0 Å². The number of phenols is 1. The van der Waals surface area contributed by atoms with Gasteiger partial charge >= 0.3 is 0 Å². The van der Waals surface area contributed by atoms with E-state index in [1.807, 2.05) is 6.07 Å². The minimum Gasteiger partial charge on any atom is -0.508 e. The number of phenolic OH excluding ortho intramolecular Hbond substituents is 1. The maximum absolute atomic E-state index is 13.8. The van der Waals surface area contributed by atoms with Gasteiger partial charge in [-0.2, -0.15) is 0 Å². The number of benzene rings is 3. The number of hydrogen-bond donors (Lipinski definition) is 2. The predicted octanol–water partition coefficient (Wildman–Crippen LogP) is 3.67. The summed E-state index contributed by atoms with van der Waals surface area (Å²) in [5.74, 6) is 0.492. The van der Waals surface area contributed by atoms with E-state index >= 15 is 0 Å². The fraction of sp³-hybridized carbons (Fsp3) is 0.154. The van der Waals surface area contributed by atoms with Gasteiger partial charge in [-0.25, -0.2) is 0 Å². The first-order valence-electron chi connectivity index (χ1n) is 10.4. The Labute approximate surface area is 189 Å². The van der Waals surface area contributed by atoms with Gasteiger partial charge in [-0.15, -0.1) is 0 Å². The van der Waals surface area contributed by atoms with Crippen molar-refractivity contribution >= 4 is 16.6 Å². The summed E-state index contributed by atoms with van der Waals surface area (Å²) < 4.78 is 12.3. The Morgan fingerprint density at radius 3 is 2.27 bits per heavy atom. The zero-order valence-electron chi connectivity index (χ0n) is 18.0. The monoisotopic (exact) mass is 443 g/mol. The number of carbonyl (C=O) groups excluding carboxylic acids is 1. The molecule has 0 amide bonds. The van der Waals surface area contributed by atoms with Crippen LogP contribution in [0.25, 0.3) is 22.0 Å². The summed E-state index contributed by atoms with van der Waals surface area (Å²) >= 11 is 0. The van der Waals surface area contributed by atoms with Crippen LogP contribution in [0.1, 0.15) is 27.6 Å². The molecule has 7 nitrogen and oxygen atoms in total. The molecule has 1 unspecified atom stereocenters. The van der Waals surface area contributed by atoms with Crippen LogP contribution < -0.4 is 15.0 Å². The molecule has 1 aromatic heterocycles. The highest BCUT2D eigenvalue weighted by Gasteiger charge is 2.34. The molecule has 3 aromatic carbocycles. The van der Waals surface area contributed by atoms with Gasteiger partial charge in [0, 0.05) is 16.5 Å². The van der Waals surface area contributed by atoms with Crippen LogP contribution in [-0.2, 0) is 6.54 Å². The number of aromatic hydroxyl groups is 1. The Balaban J connectivity index is 1.83. The molecule has 0 radical (unpaired) electrons. The third-order valence-electron chi connectivity index (χ3n) is 6.07. The molecule has 1 aliphatic carbocycles. The number of nitrogens with zero attached hydrogens (tertiary/aromatic N) is 1. The molecule has 33 heavy (non-hydrogen) atoms. The van der Waals surface area contributed by atoms with Gasteiger partial charge < -0.3 is 24.3 Å². The second-order valence-corrected chi connectivity index (χ2v) is 7.85. The zero-order valence-corrected chi connectivity index (χ0v) is 18.0. The Morgan fingerprint density at radius 1 is 0.909 bits per heavy atom. The number of ketones is 1. The molecule has 2 N–H and O–H groups in total. The summed E-state index contributed by atoms with van der Waals surface area (Å²) in [4.78, 5) is 27.3. The number of aliphatic hydroxyl groups is 1. The van der Waals surface area contributed by atoms with Crippen molar-refractivity contribution in [2.24, 2.45) is 0 Å². The summed E-state index contributed by atoms with van der Waals surface area (Å²) in [5.41, 5.74) is 2.14. The van der Waals surface area contributed by atoms with Gasteiger partial charge in [-0.1, -0.05) is 36.4 Å². The van der Waals surface area contributed by atoms with Crippen molar-refractivity contribution in [1.29, 1.82) is 0 Å². The fourth-order valence-electron chi connectivity index (χ4n) is 4.53. The topological polar surface area (TPSA) is 98.0 Å². The van der Waals surface area contributed by atoms with E-state index in [2.05, 4.69) is 0 Å². The molecule has 5 rings (SSSR count). The van der Waals surface area contributed by atoms with Crippen LogP contribution in [-0.4, -0.2) is 34.8 Å². The van der Waals surface area contributed by atoms with Gasteiger partial charge in [0.15, 0.2) is 17.3 Å². The highest BCUT2D eigenvalue weighted by Crippen LogP contribution is 2.43. The van der Waals surface area contributed by atoms with Crippen molar-refractivity contribution < 1.29 is 24.5 Å². The van der Waals surface area contributed by atoms with Gasteiger partial charge in [-0.05, 0) is 29.8 Å². The molecule has 0 bridgehead atoms. The van der Waals surface area contributed by atoms with E-state index in [1.54, 1.807) is 42.5 Å². The normalized spacial score (nSPS) is 13.0. The van der Waals surface area contributed by atoms with E-state index in [-0.39, 0.29) is 29.2 Å². The van der Waals surface area contributed by atoms with Crippen LogP contribution in [0.4, 0.5) is 0 Å². The maximum Gasteiger partial charge on any atom is 0.262 e. The minimum atomic E-state index is -1.05. The molecule has 0 saturated heterocycles. The Morgan fingerprint density at radius 2 is 1.61 bits per heavy atom. The molecule has 0 aliphatic heterocycles. The average Bonchev–Trinajstić information content (AvgIpc) is 3.13. The summed E-state index contributed by atoms with van der Waals surface area (Å²) in [6, 6.07) is 16.6. The molecule has 7 heteroatoms. The minimum absolute atomic E-state index is 0.0751. The van der Waals surface area contributed by atoms with E-state index in [0.29, 0.717) is 39.1 Å². The van der Waals surface area contributed by atoms with Crippen molar-refractivity contribution in [3.63, 3.8) is 0 Å². The number of methoxy groups -OCH3 is 2. The van der Waals surface area contributed by atoms with Crippen molar-refractivity contribution in [2.45, 2.75) is 12.6 Å². The second-order valence-electron chi connectivity index (χ2n) is 7.85. The number of carbonyl (C=O) groups is 1. The fourth-order valence-corrected chi connectivity index (χ4v) is 4.53. The number of fused-ring (bicyclic) bond motifs is 5. The molecule has 0 fully saturated rings. The van der Waals surface area contributed by atoms with Crippen LogP contribution >= 0.6 is 0 Å². The van der Waals surface area contributed by atoms with Crippen molar-refractivity contribution in [3.05, 3.63) is 87.7 Å². The first kappa shape index (κ1) is 20.8. The Hall–Kier alpha value is -4.10. The van der Waals surface area contributed by atoms with Gasteiger partial charge in [0.05, 0.1) is 43.5 Å². The Kier molecular flexibility index (Phi) is 4.91. The van der Waals surface area contributed by atoms with Crippen molar-refractivity contribution in [1.82, 2.24) is 4.57 Å². The summed E-state index contributed by atoms with van der Waals surface area (Å²) in [6.07, 6.45) is -1.05. The predicted molar refractivity (Wildman–Crippen MR) is 123 cm³/mol. The lowest BCUT2D eigenvalue weighted by Gasteiger charge is -2.20. The van der Waals surface area contributed by atoms with Gasteiger partial charge in [-0.3, -0.25) is 9.59 Å². The molecule has 4 aromatic rings. The average molecular weight is 443 g/mol.